The van der Waals surface area contributed by atoms with Gasteiger partial charge in [0, 0.05) is 17.8 Å². The van der Waals surface area contributed by atoms with Crippen LogP contribution in [0, 0.1) is 0 Å². The van der Waals surface area contributed by atoms with Gasteiger partial charge in [-0.15, -0.1) is 0 Å². The van der Waals surface area contributed by atoms with Crippen LogP contribution in [-0.4, -0.2) is 33.9 Å². The molecule has 26 heavy (non-hydrogen) atoms. The fraction of sp³-hybridized carbons (Fsp3) is 0.278. The first-order chi connectivity index (χ1) is 12.4. The van der Waals surface area contributed by atoms with E-state index >= 15 is 0 Å². The van der Waals surface area contributed by atoms with Crippen LogP contribution in [0.1, 0.15) is 22.3 Å². The van der Waals surface area contributed by atoms with E-state index in [1.165, 1.54) is 0 Å². The van der Waals surface area contributed by atoms with Crippen LogP contribution in [0.4, 0.5) is 5.69 Å². The maximum Gasteiger partial charge on any atom is 0.251 e. The third kappa shape index (κ3) is 4.89. The molecule has 2 N–H and O–H groups in total. The van der Waals surface area contributed by atoms with Crippen molar-refractivity contribution in [1.29, 1.82) is 0 Å². The van der Waals surface area contributed by atoms with Crippen molar-refractivity contribution in [2.24, 2.45) is 0 Å². The predicted molar refractivity (Wildman–Crippen MR) is 98.1 cm³/mol. The van der Waals surface area contributed by atoms with Crippen LogP contribution >= 0.6 is 0 Å². The molecule has 0 atom stereocenters. The van der Waals surface area contributed by atoms with Gasteiger partial charge in [0.25, 0.3) is 5.91 Å². The molecule has 8 heteroatoms. The maximum absolute atomic E-state index is 12.2. The minimum atomic E-state index is -3.26. The van der Waals surface area contributed by atoms with Crippen molar-refractivity contribution in [3.8, 4) is 11.5 Å². The van der Waals surface area contributed by atoms with Gasteiger partial charge in [-0.3, -0.25) is 9.52 Å². The molecule has 2 aromatic rings. The minimum absolute atomic E-state index is 0.156. The Balaban J connectivity index is 1.44. The van der Waals surface area contributed by atoms with Crippen LogP contribution in [0.5, 0.6) is 11.5 Å². The van der Waals surface area contributed by atoms with Gasteiger partial charge in [0.1, 0.15) is 0 Å². The first-order valence-electron chi connectivity index (χ1n) is 8.15. The summed E-state index contributed by atoms with van der Waals surface area (Å²) in [6, 6.07) is 12.3. The lowest BCUT2D eigenvalue weighted by Gasteiger charge is -2.07. The van der Waals surface area contributed by atoms with Crippen molar-refractivity contribution < 1.29 is 22.7 Å². The van der Waals surface area contributed by atoms with E-state index in [4.69, 9.17) is 9.47 Å². The third-order valence-electron chi connectivity index (χ3n) is 3.82. The zero-order valence-electron chi connectivity index (χ0n) is 14.3. The van der Waals surface area contributed by atoms with Crippen molar-refractivity contribution in [2.45, 2.75) is 12.8 Å². The van der Waals surface area contributed by atoms with Gasteiger partial charge in [-0.25, -0.2) is 8.42 Å². The number of carbonyl (C=O) groups is 1. The molecule has 0 bridgehead atoms. The number of nitrogens with one attached hydrogen (secondary N) is 2. The number of amides is 1. The third-order valence-corrected chi connectivity index (χ3v) is 4.43. The standard InChI is InChI=1S/C18H20N2O5S/c1-26(22,23)20-15-7-4-13(5-8-15)3-2-10-19-18(21)14-6-9-16-17(11-14)25-12-24-16/h4-9,11,20H,2-3,10,12H2,1H3,(H,19,21). The second-order valence-corrected chi connectivity index (χ2v) is 7.75. The van der Waals surface area contributed by atoms with E-state index in [0.717, 1.165) is 24.7 Å². The molecule has 1 amide bonds. The molecule has 7 nitrogen and oxygen atoms in total. The number of hydrogen-bond donors (Lipinski definition) is 2. The average molecular weight is 376 g/mol. The van der Waals surface area contributed by atoms with Gasteiger partial charge in [-0.2, -0.15) is 0 Å². The lowest BCUT2D eigenvalue weighted by atomic mass is 10.1. The van der Waals surface area contributed by atoms with Crippen molar-refractivity contribution in [3.05, 3.63) is 53.6 Å². The summed E-state index contributed by atoms with van der Waals surface area (Å²) in [4.78, 5) is 12.2. The first-order valence-corrected chi connectivity index (χ1v) is 10.0. The van der Waals surface area contributed by atoms with Gasteiger partial charge in [0.2, 0.25) is 16.8 Å². The number of hydrogen-bond acceptors (Lipinski definition) is 5. The summed E-state index contributed by atoms with van der Waals surface area (Å²) in [5.41, 5.74) is 2.14. The largest absolute Gasteiger partial charge is 0.454 e. The maximum atomic E-state index is 12.2. The molecule has 138 valence electrons. The Hall–Kier alpha value is -2.74. The SMILES string of the molecule is CS(=O)(=O)Nc1ccc(CCCNC(=O)c2ccc3c(c2)OCO3)cc1. The lowest BCUT2D eigenvalue weighted by molar-refractivity contribution is 0.0952. The molecule has 3 rings (SSSR count). The van der Waals surface area contributed by atoms with E-state index in [2.05, 4.69) is 10.0 Å². The zero-order valence-corrected chi connectivity index (χ0v) is 15.1. The number of anilines is 1. The Kier molecular flexibility index (Phi) is 5.32. The summed E-state index contributed by atoms with van der Waals surface area (Å²) in [6.07, 6.45) is 2.67. The molecule has 1 aliphatic heterocycles. The molecule has 1 aliphatic rings. The van der Waals surface area contributed by atoms with Gasteiger partial charge >= 0.3 is 0 Å². The summed E-state index contributed by atoms with van der Waals surface area (Å²) in [5, 5.41) is 2.88. The average Bonchev–Trinajstić information content (AvgIpc) is 3.06. The monoisotopic (exact) mass is 376 g/mol. The van der Waals surface area contributed by atoms with Crippen LogP contribution in [0.2, 0.25) is 0 Å². The Labute approximate surface area is 152 Å². The molecule has 0 unspecified atom stereocenters. The summed E-state index contributed by atoms with van der Waals surface area (Å²) in [6.45, 7) is 0.718. The molecular weight excluding hydrogens is 356 g/mol. The van der Waals surface area contributed by atoms with Crippen LogP contribution in [0.25, 0.3) is 0 Å². The molecule has 0 spiro atoms. The van der Waals surface area contributed by atoms with Crippen LogP contribution in [-0.2, 0) is 16.4 Å². The molecule has 0 saturated heterocycles. The van der Waals surface area contributed by atoms with E-state index in [0.29, 0.717) is 29.3 Å². The van der Waals surface area contributed by atoms with Gasteiger partial charge in [0.05, 0.1) is 6.26 Å². The van der Waals surface area contributed by atoms with Crippen molar-refractivity contribution in [3.63, 3.8) is 0 Å². The fourth-order valence-electron chi connectivity index (χ4n) is 2.59. The van der Waals surface area contributed by atoms with Crippen molar-refractivity contribution in [1.82, 2.24) is 5.32 Å². The van der Waals surface area contributed by atoms with Gasteiger partial charge < -0.3 is 14.8 Å². The Bertz CT molecular complexity index is 894. The zero-order chi connectivity index (χ0) is 18.6. The first kappa shape index (κ1) is 18.1. The summed E-state index contributed by atoms with van der Waals surface area (Å²) < 4.78 is 35.3. The molecular formula is C18H20N2O5S. The summed E-state index contributed by atoms with van der Waals surface area (Å²) in [5.74, 6) is 1.08. The fourth-order valence-corrected chi connectivity index (χ4v) is 3.15. The topological polar surface area (TPSA) is 93.7 Å². The van der Waals surface area contributed by atoms with Gasteiger partial charge in [-0.1, -0.05) is 12.1 Å². The Morgan fingerprint density at radius 1 is 1.08 bits per heavy atom. The van der Waals surface area contributed by atoms with Crippen molar-refractivity contribution >= 4 is 21.6 Å². The van der Waals surface area contributed by atoms with Crippen molar-refractivity contribution in [2.75, 3.05) is 24.3 Å². The van der Waals surface area contributed by atoms with E-state index in [-0.39, 0.29) is 12.7 Å². The quantitative estimate of drug-likeness (QED) is 0.722. The number of rotatable bonds is 7. The Morgan fingerprint density at radius 2 is 1.81 bits per heavy atom. The molecule has 0 fully saturated rings. The molecule has 0 radical (unpaired) electrons. The van der Waals surface area contributed by atoms with E-state index in [1.54, 1.807) is 30.3 Å². The number of sulfonamides is 1. The molecule has 0 aromatic heterocycles. The number of benzene rings is 2. The highest BCUT2D eigenvalue weighted by atomic mass is 32.2. The van der Waals surface area contributed by atoms with Gasteiger partial charge in [0.15, 0.2) is 11.5 Å². The molecule has 0 saturated carbocycles. The van der Waals surface area contributed by atoms with Crippen LogP contribution in [0.15, 0.2) is 42.5 Å². The number of fused-ring (bicyclic) bond motifs is 1. The van der Waals surface area contributed by atoms with E-state index in [9.17, 15) is 13.2 Å². The van der Waals surface area contributed by atoms with E-state index in [1.807, 2.05) is 12.1 Å². The van der Waals surface area contributed by atoms with Gasteiger partial charge in [-0.05, 0) is 48.7 Å². The smallest absolute Gasteiger partial charge is 0.251 e. The highest BCUT2D eigenvalue weighted by Crippen LogP contribution is 2.32. The second kappa shape index (κ2) is 7.65. The Morgan fingerprint density at radius 3 is 2.54 bits per heavy atom. The lowest BCUT2D eigenvalue weighted by Crippen LogP contribution is -2.24. The highest BCUT2D eigenvalue weighted by molar-refractivity contribution is 7.92. The summed E-state index contributed by atoms with van der Waals surface area (Å²) in [7, 11) is -3.26. The highest BCUT2D eigenvalue weighted by Gasteiger charge is 2.15. The van der Waals surface area contributed by atoms with Crippen LogP contribution < -0.4 is 19.5 Å². The van der Waals surface area contributed by atoms with E-state index < -0.39 is 10.0 Å². The predicted octanol–water partition coefficient (Wildman–Crippen LogP) is 2.15. The second-order valence-electron chi connectivity index (χ2n) is 6.00. The minimum Gasteiger partial charge on any atom is -0.454 e. The van der Waals surface area contributed by atoms with Crippen LogP contribution in [0.3, 0.4) is 0 Å². The number of carbonyl (C=O) groups excluding carboxylic acids is 1. The molecule has 0 aliphatic carbocycles. The molecule has 2 aromatic carbocycles. The number of ether oxygens (including phenoxy) is 2. The normalized spacial score (nSPS) is 12.7. The number of aryl methyl sites for hydroxylation is 1. The molecule has 1 heterocycles. The summed E-state index contributed by atoms with van der Waals surface area (Å²) >= 11 is 0.